The van der Waals surface area contributed by atoms with Crippen molar-refractivity contribution in [3.05, 3.63) is 46.9 Å². The van der Waals surface area contributed by atoms with E-state index in [0.29, 0.717) is 31.1 Å². The highest BCUT2D eigenvalue weighted by Gasteiger charge is 2.22. The summed E-state index contributed by atoms with van der Waals surface area (Å²) in [7, 11) is 0. The van der Waals surface area contributed by atoms with Gasteiger partial charge in [0.1, 0.15) is 24.5 Å². The summed E-state index contributed by atoms with van der Waals surface area (Å²) in [5.41, 5.74) is 0.859. The first-order chi connectivity index (χ1) is 12.0. The number of benzene rings is 1. The van der Waals surface area contributed by atoms with E-state index in [1.54, 1.807) is 13.0 Å². The van der Waals surface area contributed by atoms with Crippen LogP contribution in [-0.4, -0.2) is 30.2 Å². The molecule has 132 valence electrons. The third kappa shape index (κ3) is 3.45. The molecule has 25 heavy (non-hydrogen) atoms. The second kappa shape index (κ2) is 6.88. The normalized spacial score (nSPS) is 14.0. The molecule has 2 heterocycles. The quantitative estimate of drug-likeness (QED) is 0.865. The summed E-state index contributed by atoms with van der Waals surface area (Å²) in [5.74, 6) is 0.00919. The molecule has 3 rings (SSSR count). The Balaban J connectivity index is 1.75. The molecule has 0 spiro atoms. The van der Waals surface area contributed by atoms with Crippen LogP contribution >= 0.6 is 0 Å². The van der Waals surface area contributed by atoms with E-state index in [9.17, 15) is 9.59 Å². The molecule has 1 aromatic heterocycles. The SMILES string of the molecule is CCc1oc(C(=O)NC(C)c2ccc3c(c2)OCCO3)cc1C(=O)O. The molecule has 1 aromatic carbocycles. The van der Waals surface area contributed by atoms with Crippen molar-refractivity contribution in [1.82, 2.24) is 5.32 Å². The molecule has 7 nitrogen and oxygen atoms in total. The number of hydrogen-bond acceptors (Lipinski definition) is 5. The molecule has 1 unspecified atom stereocenters. The molecule has 1 aliphatic heterocycles. The van der Waals surface area contributed by atoms with Gasteiger partial charge in [0.15, 0.2) is 17.3 Å². The largest absolute Gasteiger partial charge is 0.486 e. The van der Waals surface area contributed by atoms with Crippen LogP contribution in [0, 0.1) is 0 Å². The van der Waals surface area contributed by atoms with Gasteiger partial charge < -0.3 is 24.3 Å². The first-order valence-corrected chi connectivity index (χ1v) is 8.06. The number of carboxylic acid groups (broad SMARTS) is 1. The van der Waals surface area contributed by atoms with Crippen LogP contribution in [-0.2, 0) is 6.42 Å². The number of rotatable bonds is 5. The number of carbonyl (C=O) groups is 2. The number of furan rings is 1. The first kappa shape index (κ1) is 16.9. The Labute approximate surface area is 144 Å². The smallest absolute Gasteiger partial charge is 0.339 e. The van der Waals surface area contributed by atoms with Gasteiger partial charge in [0.25, 0.3) is 5.91 Å². The summed E-state index contributed by atoms with van der Waals surface area (Å²) < 4.78 is 16.4. The Morgan fingerprint density at radius 1 is 1.20 bits per heavy atom. The Hall–Kier alpha value is -2.96. The van der Waals surface area contributed by atoms with Gasteiger partial charge in [-0.05, 0) is 24.6 Å². The van der Waals surface area contributed by atoms with Gasteiger partial charge in [0, 0.05) is 12.5 Å². The third-order valence-electron chi connectivity index (χ3n) is 4.00. The van der Waals surface area contributed by atoms with Gasteiger partial charge in [0.05, 0.1) is 6.04 Å². The average molecular weight is 345 g/mol. The summed E-state index contributed by atoms with van der Waals surface area (Å²) in [4.78, 5) is 23.5. The standard InChI is InChI=1S/C18H19NO6/c1-3-13-12(18(21)22)9-16(25-13)17(20)19-10(2)11-4-5-14-15(8-11)24-7-6-23-14/h4-5,8-10H,3,6-7H2,1-2H3,(H,19,20)(H,21,22). The number of amides is 1. The zero-order chi connectivity index (χ0) is 18.0. The van der Waals surface area contributed by atoms with E-state index in [4.69, 9.17) is 19.0 Å². The molecule has 0 saturated heterocycles. The number of carboxylic acids is 1. The second-order valence-corrected chi connectivity index (χ2v) is 5.70. The fourth-order valence-corrected chi connectivity index (χ4v) is 2.66. The second-order valence-electron chi connectivity index (χ2n) is 5.70. The van der Waals surface area contributed by atoms with Gasteiger partial charge >= 0.3 is 5.97 Å². The van der Waals surface area contributed by atoms with Crippen molar-refractivity contribution in [2.24, 2.45) is 0 Å². The Kier molecular flexibility index (Phi) is 4.65. The lowest BCUT2D eigenvalue weighted by Crippen LogP contribution is -2.26. The molecule has 2 N–H and O–H groups in total. The maximum Gasteiger partial charge on any atom is 0.339 e. The lowest BCUT2D eigenvalue weighted by Gasteiger charge is -2.21. The van der Waals surface area contributed by atoms with E-state index in [2.05, 4.69) is 5.32 Å². The maximum absolute atomic E-state index is 12.4. The van der Waals surface area contributed by atoms with Crippen molar-refractivity contribution in [2.75, 3.05) is 13.2 Å². The van der Waals surface area contributed by atoms with Crippen LogP contribution in [0.3, 0.4) is 0 Å². The van der Waals surface area contributed by atoms with Crippen LogP contribution in [0.15, 0.2) is 28.7 Å². The predicted octanol–water partition coefficient (Wildman–Crippen LogP) is 2.80. The topological polar surface area (TPSA) is 98.0 Å². The third-order valence-corrected chi connectivity index (χ3v) is 4.00. The lowest BCUT2D eigenvalue weighted by atomic mass is 10.1. The number of hydrogen-bond donors (Lipinski definition) is 2. The van der Waals surface area contributed by atoms with Gasteiger partial charge in [-0.25, -0.2) is 4.79 Å². The van der Waals surface area contributed by atoms with Crippen molar-refractivity contribution in [2.45, 2.75) is 26.3 Å². The van der Waals surface area contributed by atoms with Gasteiger partial charge in [-0.15, -0.1) is 0 Å². The van der Waals surface area contributed by atoms with Gasteiger partial charge in [-0.3, -0.25) is 4.79 Å². The highest BCUT2D eigenvalue weighted by molar-refractivity contribution is 5.96. The van der Waals surface area contributed by atoms with Crippen molar-refractivity contribution < 1.29 is 28.6 Å². The predicted molar refractivity (Wildman–Crippen MR) is 88.4 cm³/mol. The molecule has 0 radical (unpaired) electrons. The van der Waals surface area contributed by atoms with Gasteiger partial charge in [-0.1, -0.05) is 13.0 Å². The zero-order valence-electron chi connectivity index (χ0n) is 14.0. The molecule has 0 aliphatic carbocycles. The van der Waals surface area contributed by atoms with Crippen LogP contribution in [0.25, 0.3) is 0 Å². The molecule has 1 aliphatic rings. The average Bonchev–Trinajstić information content (AvgIpc) is 3.06. The van der Waals surface area contributed by atoms with Crippen molar-refractivity contribution >= 4 is 11.9 Å². The zero-order valence-corrected chi connectivity index (χ0v) is 14.0. The minimum atomic E-state index is -1.11. The summed E-state index contributed by atoms with van der Waals surface area (Å²) in [5, 5.41) is 11.9. The summed E-state index contributed by atoms with van der Waals surface area (Å²) in [6.45, 7) is 4.60. The minimum Gasteiger partial charge on any atom is -0.486 e. The van der Waals surface area contributed by atoms with E-state index < -0.39 is 11.9 Å². The number of nitrogens with one attached hydrogen (secondary N) is 1. The van der Waals surface area contributed by atoms with Crippen molar-refractivity contribution in [1.29, 1.82) is 0 Å². The summed E-state index contributed by atoms with van der Waals surface area (Å²) >= 11 is 0. The maximum atomic E-state index is 12.4. The minimum absolute atomic E-state index is 0.0135. The fraction of sp³-hybridized carbons (Fsp3) is 0.333. The van der Waals surface area contributed by atoms with Crippen LogP contribution in [0.2, 0.25) is 0 Å². The molecular formula is C18H19NO6. The molecule has 0 saturated carbocycles. The van der Waals surface area contributed by atoms with Crippen molar-refractivity contribution in [3.8, 4) is 11.5 Å². The van der Waals surface area contributed by atoms with Gasteiger partial charge in [-0.2, -0.15) is 0 Å². The Bertz CT molecular complexity index is 810. The van der Waals surface area contributed by atoms with E-state index >= 15 is 0 Å². The molecule has 0 bridgehead atoms. The summed E-state index contributed by atoms with van der Waals surface area (Å²) in [6, 6.07) is 6.42. The molecule has 7 heteroatoms. The number of fused-ring (bicyclic) bond motifs is 1. The lowest BCUT2D eigenvalue weighted by molar-refractivity contribution is 0.0694. The van der Waals surface area contributed by atoms with Gasteiger partial charge in [0.2, 0.25) is 0 Å². The van der Waals surface area contributed by atoms with E-state index in [1.807, 2.05) is 19.1 Å². The molecule has 0 fully saturated rings. The van der Waals surface area contributed by atoms with E-state index in [0.717, 1.165) is 5.56 Å². The molecule has 2 aromatic rings. The Morgan fingerprint density at radius 3 is 2.56 bits per heavy atom. The molecular weight excluding hydrogens is 326 g/mol. The fourth-order valence-electron chi connectivity index (χ4n) is 2.66. The highest BCUT2D eigenvalue weighted by Crippen LogP contribution is 2.32. The van der Waals surface area contributed by atoms with E-state index in [1.165, 1.54) is 6.07 Å². The van der Waals surface area contributed by atoms with Crippen LogP contribution in [0.1, 0.15) is 52.1 Å². The summed E-state index contributed by atoms with van der Waals surface area (Å²) in [6.07, 6.45) is 0.395. The number of ether oxygens (including phenoxy) is 2. The number of carbonyl (C=O) groups excluding carboxylic acids is 1. The molecule has 1 amide bonds. The van der Waals surface area contributed by atoms with E-state index in [-0.39, 0.29) is 23.1 Å². The first-order valence-electron chi connectivity index (χ1n) is 8.06. The number of aromatic carboxylic acids is 1. The van der Waals surface area contributed by atoms with Crippen molar-refractivity contribution in [3.63, 3.8) is 0 Å². The number of aryl methyl sites for hydroxylation is 1. The Morgan fingerprint density at radius 2 is 1.92 bits per heavy atom. The molecule has 1 atom stereocenters. The van der Waals surface area contributed by atoms with Crippen LogP contribution in [0.5, 0.6) is 11.5 Å². The highest BCUT2D eigenvalue weighted by atomic mass is 16.6. The van der Waals surface area contributed by atoms with Crippen LogP contribution < -0.4 is 14.8 Å². The monoisotopic (exact) mass is 345 g/mol. The van der Waals surface area contributed by atoms with Crippen LogP contribution in [0.4, 0.5) is 0 Å².